The number of aromatic nitrogens is 1. The predicted molar refractivity (Wildman–Crippen MR) is 95.0 cm³/mol. The number of piperidine rings is 1. The van der Waals surface area contributed by atoms with Crippen LogP contribution in [0.1, 0.15) is 71.0 Å². The highest BCUT2D eigenvalue weighted by atomic mass is 32.1. The Morgan fingerprint density at radius 3 is 2.83 bits per heavy atom. The maximum absolute atomic E-state index is 13.6. The average Bonchev–Trinajstić information content (AvgIpc) is 2.96. The van der Waals surface area contributed by atoms with Gasteiger partial charge in [-0.2, -0.15) is 0 Å². The summed E-state index contributed by atoms with van der Waals surface area (Å²) >= 11 is 1.49. The van der Waals surface area contributed by atoms with E-state index in [2.05, 4.69) is 18.8 Å². The summed E-state index contributed by atoms with van der Waals surface area (Å²) in [6.45, 7) is 6.79. The molecule has 0 spiro atoms. The second-order valence-electron chi connectivity index (χ2n) is 6.69. The zero-order valence-electron chi connectivity index (χ0n) is 14.4. The van der Waals surface area contributed by atoms with Crippen LogP contribution in [-0.2, 0) is 0 Å². The zero-order valence-corrected chi connectivity index (χ0v) is 15.2. The van der Waals surface area contributed by atoms with E-state index >= 15 is 0 Å². The predicted octanol–water partition coefficient (Wildman–Crippen LogP) is 5.08. The molecule has 1 atom stereocenters. The number of hydrogen-bond donors (Lipinski definition) is 0. The molecule has 0 bridgehead atoms. The Kier molecular flexibility index (Phi) is 4.99. The Bertz CT molecular complexity index is 741. The van der Waals surface area contributed by atoms with E-state index in [4.69, 9.17) is 0 Å². The molecule has 128 valence electrons. The fourth-order valence-corrected chi connectivity index (χ4v) is 4.25. The van der Waals surface area contributed by atoms with E-state index in [0.29, 0.717) is 12.5 Å². The molecule has 1 aliphatic rings. The quantitative estimate of drug-likeness (QED) is 0.776. The number of thiazole rings is 1. The molecule has 1 amide bonds. The minimum absolute atomic E-state index is 0.0332. The lowest BCUT2D eigenvalue weighted by Crippen LogP contribution is -2.38. The topological polar surface area (TPSA) is 33.2 Å². The highest BCUT2D eigenvalue weighted by Crippen LogP contribution is 2.34. The van der Waals surface area contributed by atoms with Gasteiger partial charge in [0.15, 0.2) is 0 Å². The highest BCUT2D eigenvalue weighted by molar-refractivity contribution is 7.13. The van der Waals surface area contributed by atoms with Crippen molar-refractivity contribution in [2.45, 2.75) is 52.0 Å². The molecule has 1 fully saturated rings. The zero-order chi connectivity index (χ0) is 17.3. The molecule has 24 heavy (non-hydrogen) atoms. The molecular weight excluding hydrogens is 323 g/mol. The van der Waals surface area contributed by atoms with Crippen LogP contribution in [0.15, 0.2) is 24.3 Å². The van der Waals surface area contributed by atoms with Crippen LogP contribution in [0.5, 0.6) is 0 Å². The fourth-order valence-electron chi connectivity index (χ4n) is 3.23. The van der Waals surface area contributed by atoms with Crippen molar-refractivity contribution in [1.82, 2.24) is 9.88 Å². The van der Waals surface area contributed by atoms with Gasteiger partial charge in [0, 0.05) is 12.5 Å². The summed E-state index contributed by atoms with van der Waals surface area (Å²) in [5, 5.41) is 0.996. The second kappa shape index (κ2) is 7.01. The van der Waals surface area contributed by atoms with Gasteiger partial charge in [-0.05, 0) is 43.9 Å². The normalized spacial score (nSPS) is 18.2. The molecule has 1 unspecified atom stereocenters. The van der Waals surface area contributed by atoms with Crippen LogP contribution < -0.4 is 0 Å². The Hall–Kier alpha value is -1.75. The molecule has 2 aromatic rings. The summed E-state index contributed by atoms with van der Waals surface area (Å²) in [5.74, 6) is 0.100. The van der Waals surface area contributed by atoms with Gasteiger partial charge in [0.2, 0.25) is 0 Å². The van der Waals surface area contributed by atoms with Crippen molar-refractivity contribution >= 4 is 17.2 Å². The first-order chi connectivity index (χ1) is 11.5. The number of likely N-dealkylation sites (tertiary alicyclic amines) is 1. The molecule has 1 aromatic heterocycles. The summed E-state index contributed by atoms with van der Waals surface area (Å²) in [7, 11) is 0. The van der Waals surface area contributed by atoms with Crippen LogP contribution in [0.2, 0.25) is 0 Å². The monoisotopic (exact) mass is 346 g/mol. The van der Waals surface area contributed by atoms with Gasteiger partial charge in [-0.3, -0.25) is 4.79 Å². The number of benzene rings is 1. The Morgan fingerprint density at radius 2 is 2.17 bits per heavy atom. The van der Waals surface area contributed by atoms with E-state index < -0.39 is 0 Å². The molecule has 1 aliphatic heterocycles. The molecule has 0 aliphatic carbocycles. The van der Waals surface area contributed by atoms with Gasteiger partial charge < -0.3 is 4.90 Å². The van der Waals surface area contributed by atoms with Crippen LogP contribution in [0, 0.1) is 12.7 Å². The van der Waals surface area contributed by atoms with Crippen molar-refractivity contribution in [3.8, 4) is 0 Å². The number of halogens is 1. The standard InChI is InChI=1S/C19H23FN2OS/c1-12(2)18-21-13(3)17(24-18)19(23)22-10-5-4-9-16(22)14-7-6-8-15(20)11-14/h6-8,11-12,16H,4-5,9-10H2,1-3H3. The number of rotatable bonds is 3. The first-order valence-corrected chi connectivity index (χ1v) is 9.32. The molecule has 3 rings (SSSR count). The molecule has 0 N–H and O–H groups in total. The Balaban J connectivity index is 1.91. The molecule has 1 aromatic carbocycles. The first-order valence-electron chi connectivity index (χ1n) is 8.51. The summed E-state index contributed by atoms with van der Waals surface area (Å²) in [4.78, 5) is 20.3. The van der Waals surface area contributed by atoms with Crippen LogP contribution >= 0.6 is 11.3 Å². The smallest absolute Gasteiger partial charge is 0.266 e. The minimum atomic E-state index is -0.249. The maximum atomic E-state index is 13.6. The van der Waals surface area contributed by atoms with E-state index in [1.54, 1.807) is 12.1 Å². The van der Waals surface area contributed by atoms with E-state index in [9.17, 15) is 9.18 Å². The van der Waals surface area contributed by atoms with E-state index in [-0.39, 0.29) is 17.8 Å². The van der Waals surface area contributed by atoms with E-state index in [1.807, 2.05) is 17.9 Å². The first kappa shape index (κ1) is 17.1. The van der Waals surface area contributed by atoms with Crippen LogP contribution in [-0.4, -0.2) is 22.3 Å². The van der Waals surface area contributed by atoms with Crippen molar-refractivity contribution < 1.29 is 9.18 Å². The Labute approximate surface area is 146 Å². The summed E-state index contributed by atoms with van der Waals surface area (Å²) < 4.78 is 13.6. The van der Waals surface area contributed by atoms with Crippen molar-refractivity contribution in [2.75, 3.05) is 6.54 Å². The van der Waals surface area contributed by atoms with Crippen molar-refractivity contribution in [3.05, 3.63) is 51.2 Å². The third-order valence-corrected chi connectivity index (χ3v) is 5.94. The SMILES string of the molecule is Cc1nc(C(C)C)sc1C(=O)N1CCCCC1c1cccc(F)c1. The van der Waals surface area contributed by atoms with Gasteiger partial charge in [0.1, 0.15) is 10.7 Å². The molecule has 1 saturated heterocycles. The number of carbonyl (C=O) groups is 1. The number of amides is 1. The number of carbonyl (C=O) groups excluding carboxylic acids is 1. The molecule has 0 saturated carbocycles. The lowest BCUT2D eigenvalue weighted by atomic mass is 9.95. The largest absolute Gasteiger partial charge is 0.331 e. The highest BCUT2D eigenvalue weighted by Gasteiger charge is 2.31. The minimum Gasteiger partial charge on any atom is -0.331 e. The van der Waals surface area contributed by atoms with Gasteiger partial charge in [0.05, 0.1) is 16.7 Å². The molecule has 3 nitrogen and oxygen atoms in total. The van der Waals surface area contributed by atoms with Crippen LogP contribution in [0.4, 0.5) is 4.39 Å². The molecule has 5 heteroatoms. The Morgan fingerprint density at radius 1 is 1.38 bits per heavy atom. The van der Waals surface area contributed by atoms with Gasteiger partial charge in [-0.15, -0.1) is 11.3 Å². The van der Waals surface area contributed by atoms with Gasteiger partial charge >= 0.3 is 0 Å². The summed E-state index contributed by atoms with van der Waals surface area (Å²) in [6, 6.07) is 6.58. The van der Waals surface area contributed by atoms with Crippen LogP contribution in [0.3, 0.4) is 0 Å². The third-order valence-electron chi connectivity index (χ3n) is 4.50. The van der Waals surface area contributed by atoms with Gasteiger partial charge in [-0.25, -0.2) is 9.37 Å². The van der Waals surface area contributed by atoms with Crippen LogP contribution in [0.25, 0.3) is 0 Å². The maximum Gasteiger partial charge on any atom is 0.266 e. The third kappa shape index (κ3) is 3.36. The van der Waals surface area contributed by atoms with E-state index in [1.165, 1.54) is 17.4 Å². The molecule has 0 radical (unpaired) electrons. The van der Waals surface area contributed by atoms with E-state index in [0.717, 1.165) is 40.4 Å². The second-order valence-corrected chi connectivity index (χ2v) is 7.72. The lowest BCUT2D eigenvalue weighted by Gasteiger charge is -2.36. The molecule has 2 heterocycles. The number of aryl methyl sites for hydroxylation is 1. The van der Waals surface area contributed by atoms with Crippen molar-refractivity contribution in [3.63, 3.8) is 0 Å². The van der Waals surface area contributed by atoms with Crippen molar-refractivity contribution in [1.29, 1.82) is 0 Å². The average molecular weight is 346 g/mol. The van der Waals surface area contributed by atoms with Crippen molar-refractivity contribution in [2.24, 2.45) is 0 Å². The summed E-state index contributed by atoms with van der Waals surface area (Å²) in [6.07, 6.45) is 2.93. The van der Waals surface area contributed by atoms with Gasteiger partial charge in [0.25, 0.3) is 5.91 Å². The summed E-state index contributed by atoms with van der Waals surface area (Å²) in [5.41, 5.74) is 1.69. The number of hydrogen-bond acceptors (Lipinski definition) is 3. The number of nitrogens with zero attached hydrogens (tertiary/aromatic N) is 2. The van der Waals surface area contributed by atoms with Gasteiger partial charge in [-0.1, -0.05) is 26.0 Å². The fraction of sp³-hybridized carbons (Fsp3) is 0.474. The lowest BCUT2D eigenvalue weighted by molar-refractivity contribution is 0.0615. The molecular formula is C19H23FN2OS.